The summed E-state index contributed by atoms with van der Waals surface area (Å²) in [5, 5.41) is 14.7. The van der Waals surface area contributed by atoms with E-state index < -0.39 is 42.0 Å². The lowest BCUT2D eigenvalue weighted by molar-refractivity contribution is -0.138. The SMILES string of the molecule is COC[C@@]1(F)C[C@@H](C(=O)NC(C)c2cc(C(=N)N)cs2)N(C(=O)CNC(=O)c2ccc(Oc3ccccc3)cc2)C1. The van der Waals surface area contributed by atoms with Crippen LogP contribution in [0.3, 0.4) is 0 Å². The molecule has 1 fully saturated rings. The number of rotatable bonds is 11. The Morgan fingerprint density at radius 3 is 2.46 bits per heavy atom. The standard InChI is InChI=1S/C29H32FN5O5S/c1-18(24-12-20(15-41-24)26(31)32)34-28(38)23-13-29(30,17-39-2)16-35(23)25(36)14-33-27(37)19-8-10-22(11-9-19)40-21-6-4-3-5-7-21/h3-12,15,18,23H,13-14,16-17H2,1-2H3,(H3,31,32)(H,33,37)(H,34,38)/t18?,23-,29+/m0/s1. The van der Waals surface area contributed by atoms with Gasteiger partial charge >= 0.3 is 0 Å². The fraction of sp³-hybridized carbons (Fsp3) is 0.310. The monoisotopic (exact) mass is 581 g/mol. The Hall–Kier alpha value is -4.29. The highest BCUT2D eigenvalue weighted by atomic mass is 32.1. The lowest BCUT2D eigenvalue weighted by Gasteiger charge is -2.25. The number of hydrogen-bond acceptors (Lipinski definition) is 7. The molecule has 12 heteroatoms. The number of hydrogen-bond donors (Lipinski definition) is 4. The molecular weight excluding hydrogens is 549 g/mol. The molecule has 0 spiro atoms. The number of thiophene rings is 1. The Morgan fingerprint density at radius 1 is 1.15 bits per heavy atom. The molecule has 0 radical (unpaired) electrons. The molecule has 1 unspecified atom stereocenters. The van der Waals surface area contributed by atoms with Gasteiger partial charge in [0, 0.05) is 34.9 Å². The zero-order valence-electron chi connectivity index (χ0n) is 22.7. The van der Waals surface area contributed by atoms with Gasteiger partial charge < -0.3 is 30.7 Å². The Bertz CT molecular complexity index is 1400. The van der Waals surface area contributed by atoms with E-state index >= 15 is 4.39 Å². The van der Waals surface area contributed by atoms with Crippen LogP contribution in [0.15, 0.2) is 66.0 Å². The van der Waals surface area contributed by atoms with Crippen molar-refractivity contribution in [3.63, 3.8) is 0 Å². The summed E-state index contributed by atoms with van der Waals surface area (Å²) in [5.41, 5.74) is 4.46. The van der Waals surface area contributed by atoms with Gasteiger partial charge in [-0.05, 0) is 49.4 Å². The van der Waals surface area contributed by atoms with E-state index in [0.717, 1.165) is 9.78 Å². The number of carbonyl (C=O) groups excluding carboxylic acids is 3. The molecule has 216 valence electrons. The molecule has 3 amide bonds. The third kappa shape index (κ3) is 7.47. The maximum absolute atomic E-state index is 15.5. The van der Waals surface area contributed by atoms with Crippen LogP contribution in [0.2, 0.25) is 0 Å². The first-order valence-corrected chi connectivity index (χ1v) is 13.8. The summed E-state index contributed by atoms with van der Waals surface area (Å²) in [6, 6.07) is 15.8. The molecule has 1 aromatic heterocycles. The number of amidine groups is 1. The van der Waals surface area contributed by atoms with Crippen LogP contribution in [0, 0.1) is 5.41 Å². The van der Waals surface area contributed by atoms with Crippen molar-refractivity contribution in [2.24, 2.45) is 5.73 Å². The molecule has 0 bridgehead atoms. The van der Waals surface area contributed by atoms with Crippen LogP contribution in [-0.2, 0) is 14.3 Å². The van der Waals surface area contributed by atoms with Crippen molar-refractivity contribution in [1.29, 1.82) is 5.41 Å². The normalized spacial score (nSPS) is 18.9. The Kier molecular flexibility index (Phi) is 9.35. The number of nitrogens with zero attached hydrogens (tertiary/aromatic N) is 1. The predicted molar refractivity (Wildman–Crippen MR) is 153 cm³/mol. The molecule has 1 saturated heterocycles. The smallest absolute Gasteiger partial charge is 0.251 e. The van der Waals surface area contributed by atoms with Crippen molar-refractivity contribution in [2.45, 2.75) is 31.1 Å². The number of alkyl halides is 1. The number of carbonyl (C=O) groups is 3. The van der Waals surface area contributed by atoms with Crippen LogP contribution in [0.25, 0.3) is 0 Å². The van der Waals surface area contributed by atoms with E-state index in [0.29, 0.717) is 22.6 Å². The van der Waals surface area contributed by atoms with Gasteiger partial charge in [-0.3, -0.25) is 19.8 Å². The quantitative estimate of drug-likeness (QED) is 0.202. The molecule has 4 rings (SSSR count). The highest BCUT2D eigenvalue weighted by Gasteiger charge is 2.49. The molecule has 3 aromatic rings. The van der Waals surface area contributed by atoms with Gasteiger partial charge in [-0.15, -0.1) is 11.3 Å². The van der Waals surface area contributed by atoms with Crippen LogP contribution in [-0.4, -0.2) is 67.0 Å². The third-order valence-corrected chi connectivity index (χ3v) is 7.74. The minimum Gasteiger partial charge on any atom is -0.457 e. The van der Waals surface area contributed by atoms with Crippen molar-refractivity contribution in [1.82, 2.24) is 15.5 Å². The van der Waals surface area contributed by atoms with Crippen LogP contribution < -0.4 is 21.1 Å². The topological polar surface area (TPSA) is 147 Å². The number of nitrogen functional groups attached to an aromatic ring is 1. The number of benzene rings is 2. The molecular formula is C29H32FN5O5S. The van der Waals surface area contributed by atoms with E-state index in [1.807, 2.05) is 30.3 Å². The highest BCUT2D eigenvalue weighted by Crippen LogP contribution is 2.32. The van der Waals surface area contributed by atoms with Crippen LogP contribution in [0.4, 0.5) is 4.39 Å². The van der Waals surface area contributed by atoms with Crippen LogP contribution in [0.5, 0.6) is 11.5 Å². The number of nitrogens with one attached hydrogen (secondary N) is 3. The van der Waals surface area contributed by atoms with E-state index in [4.69, 9.17) is 20.6 Å². The van der Waals surface area contributed by atoms with Crippen LogP contribution >= 0.6 is 11.3 Å². The van der Waals surface area contributed by atoms with Crippen molar-refractivity contribution in [2.75, 3.05) is 26.8 Å². The second kappa shape index (κ2) is 12.9. The van der Waals surface area contributed by atoms with Gasteiger partial charge in [-0.1, -0.05) is 18.2 Å². The van der Waals surface area contributed by atoms with Crippen molar-refractivity contribution < 1.29 is 28.2 Å². The molecule has 2 heterocycles. The minimum atomic E-state index is -1.92. The zero-order valence-corrected chi connectivity index (χ0v) is 23.5. The Morgan fingerprint density at radius 2 is 1.83 bits per heavy atom. The van der Waals surface area contributed by atoms with E-state index in [-0.39, 0.29) is 25.4 Å². The highest BCUT2D eigenvalue weighted by molar-refractivity contribution is 7.10. The van der Waals surface area contributed by atoms with Gasteiger partial charge in [-0.25, -0.2) is 4.39 Å². The zero-order chi connectivity index (χ0) is 29.6. The fourth-order valence-corrected chi connectivity index (χ4v) is 5.47. The molecule has 2 aromatic carbocycles. The first-order chi connectivity index (χ1) is 19.6. The molecule has 0 aliphatic carbocycles. The van der Waals surface area contributed by atoms with Gasteiger partial charge in [0.2, 0.25) is 11.8 Å². The van der Waals surface area contributed by atoms with E-state index in [9.17, 15) is 14.4 Å². The summed E-state index contributed by atoms with van der Waals surface area (Å²) < 4.78 is 26.2. The number of para-hydroxylation sites is 1. The summed E-state index contributed by atoms with van der Waals surface area (Å²) in [4.78, 5) is 41.0. The number of nitrogens with two attached hydrogens (primary N) is 1. The maximum atomic E-state index is 15.5. The minimum absolute atomic E-state index is 0.0844. The third-order valence-electron chi connectivity index (χ3n) is 6.63. The number of amides is 3. The predicted octanol–water partition coefficient (Wildman–Crippen LogP) is 3.39. The second-order valence-electron chi connectivity index (χ2n) is 9.83. The van der Waals surface area contributed by atoms with E-state index in [1.165, 1.54) is 18.4 Å². The van der Waals surface area contributed by atoms with Gasteiger partial charge in [0.15, 0.2) is 5.67 Å². The van der Waals surface area contributed by atoms with Gasteiger partial charge in [0.1, 0.15) is 23.4 Å². The van der Waals surface area contributed by atoms with Gasteiger partial charge in [-0.2, -0.15) is 0 Å². The molecule has 1 aliphatic heterocycles. The Balaban J connectivity index is 1.38. The first-order valence-electron chi connectivity index (χ1n) is 12.9. The van der Waals surface area contributed by atoms with Gasteiger partial charge in [0.05, 0.1) is 25.7 Å². The number of methoxy groups -OCH3 is 1. The number of likely N-dealkylation sites (tertiary alicyclic amines) is 1. The number of halogens is 1. The van der Waals surface area contributed by atoms with E-state index in [2.05, 4.69) is 10.6 Å². The molecule has 0 saturated carbocycles. The average molecular weight is 582 g/mol. The lowest BCUT2D eigenvalue weighted by Crippen LogP contribution is -2.49. The molecule has 10 nitrogen and oxygen atoms in total. The average Bonchev–Trinajstić information content (AvgIpc) is 3.59. The summed E-state index contributed by atoms with van der Waals surface area (Å²) in [6.45, 7) is 0.702. The second-order valence-corrected chi connectivity index (χ2v) is 10.8. The van der Waals surface area contributed by atoms with Gasteiger partial charge in [0.25, 0.3) is 5.91 Å². The summed E-state index contributed by atoms with van der Waals surface area (Å²) in [5.74, 6) is -0.510. The van der Waals surface area contributed by atoms with Crippen LogP contribution in [0.1, 0.15) is 40.2 Å². The summed E-state index contributed by atoms with van der Waals surface area (Å²) >= 11 is 1.33. The van der Waals surface area contributed by atoms with Crippen molar-refractivity contribution in [3.05, 3.63) is 82.0 Å². The number of ether oxygens (including phenoxy) is 2. The summed E-state index contributed by atoms with van der Waals surface area (Å²) in [7, 11) is 1.35. The van der Waals surface area contributed by atoms with Crippen molar-refractivity contribution >= 4 is 34.9 Å². The van der Waals surface area contributed by atoms with Crippen molar-refractivity contribution in [3.8, 4) is 11.5 Å². The molecule has 1 aliphatic rings. The molecule has 41 heavy (non-hydrogen) atoms. The molecule has 5 N–H and O–H groups in total. The Labute approximate surface area is 241 Å². The molecule has 3 atom stereocenters. The fourth-order valence-electron chi connectivity index (χ4n) is 4.56. The maximum Gasteiger partial charge on any atom is 0.251 e. The van der Waals surface area contributed by atoms with E-state index in [1.54, 1.807) is 42.6 Å². The summed E-state index contributed by atoms with van der Waals surface area (Å²) in [6.07, 6.45) is -0.245. The first kappa shape index (κ1) is 29.7. The lowest BCUT2D eigenvalue weighted by atomic mass is 10.0. The largest absolute Gasteiger partial charge is 0.457 e.